The number of rotatable bonds is 8. The Hall–Kier alpha value is -0.120. The quantitative estimate of drug-likeness (QED) is 0.661. The molecule has 0 atom stereocenters. The summed E-state index contributed by atoms with van der Waals surface area (Å²) in [5, 5.41) is 0. The van der Waals surface area contributed by atoms with Crippen LogP contribution in [0.25, 0.3) is 0 Å². The molecule has 0 aliphatic rings. The van der Waals surface area contributed by atoms with Crippen LogP contribution in [0.4, 0.5) is 0 Å². The van der Waals surface area contributed by atoms with Gasteiger partial charge in [0, 0.05) is 13.1 Å². The van der Waals surface area contributed by atoms with Gasteiger partial charge in [-0.05, 0) is 52.5 Å². The molecule has 0 saturated carbocycles. The van der Waals surface area contributed by atoms with Crippen molar-refractivity contribution in [2.24, 2.45) is 11.1 Å². The van der Waals surface area contributed by atoms with Gasteiger partial charge in [-0.1, -0.05) is 13.8 Å². The first-order chi connectivity index (χ1) is 6.87. The van der Waals surface area contributed by atoms with Crippen molar-refractivity contribution >= 4 is 0 Å². The van der Waals surface area contributed by atoms with Gasteiger partial charge in [-0.15, -0.1) is 0 Å². The zero-order valence-corrected chi connectivity index (χ0v) is 11.2. The second kappa shape index (κ2) is 7.20. The molecule has 0 fully saturated rings. The van der Waals surface area contributed by atoms with Gasteiger partial charge >= 0.3 is 0 Å². The third-order valence-corrected chi connectivity index (χ3v) is 2.87. The molecule has 0 unspecified atom stereocenters. The third-order valence-electron chi connectivity index (χ3n) is 2.87. The Labute approximate surface area is 95.6 Å². The zero-order chi connectivity index (χ0) is 11.9. The smallest absolute Gasteiger partial charge is 0.0106 e. The lowest BCUT2D eigenvalue weighted by Crippen LogP contribution is -2.30. The molecule has 0 aromatic rings. The van der Waals surface area contributed by atoms with E-state index in [0.717, 1.165) is 19.6 Å². The lowest BCUT2D eigenvalue weighted by Gasteiger charge is -2.24. The van der Waals surface area contributed by atoms with Gasteiger partial charge in [-0.25, -0.2) is 0 Å². The number of hydrogen-bond donors (Lipinski definition) is 1. The largest absolute Gasteiger partial charge is 0.330 e. The molecule has 0 aromatic heterocycles. The molecule has 0 heterocycles. The summed E-state index contributed by atoms with van der Waals surface area (Å²) in [4.78, 5) is 4.62. The molecule has 0 aliphatic carbocycles. The molecule has 0 spiro atoms. The van der Waals surface area contributed by atoms with E-state index in [-0.39, 0.29) is 0 Å². The maximum absolute atomic E-state index is 5.70. The summed E-state index contributed by atoms with van der Waals surface area (Å²) in [5.41, 5.74) is 6.01. The van der Waals surface area contributed by atoms with Gasteiger partial charge in [0.1, 0.15) is 0 Å². The van der Waals surface area contributed by atoms with Gasteiger partial charge < -0.3 is 15.5 Å². The minimum absolute atomic E-state index is 0.308. The SMILES string of the molecule is CN(C)CCN(C)CCCC(C)(C)CN. The van der Waals surface area contributed by atoms with Gasteiger partial charge in [0.25, 0.3) is 0 Å². The maximum atomic E-state index is 5.70. The molecule has 0 bridgehead atoms. The van der Waals surface area contributed by atoms with Gasteiger partial charge in [0.05, 0.1) is 0 Å². The van der Waals surface area contributed by atoms with E-state index in [2.05, 4.69) is 44.8 Å². The van der Waals surface area contributed by atoms with Crippen molar-refractivity contribution in [2.45, 2.75) is 26.7 Å². The average Bonchev–Trinajstić information content (AvgIpc) is 2.14. The van der Waals surface area contributed by atoms with Crippen molar-refractivity contribution in [3.63, 3.8) is 0 Å². The van der Waals surface area contributed by atoms with Crippen molar-refractivity contribution in [3.8, 4) is 0 Å². The fraction of sp³-hybridized carbons (Fsp3) is 1.00. The predicted molar refractivity (Wildman–Crippen MR) is 68.1 cm³/mol. The van der Waals surface area contributed by atoms with E-state index >= 15 is 0 Å². The standard InChI is InChI=1S/C12H29N3/c1-12(2,11-13)7-6-8-15(5)10-9-14(3)4/h6-11,13H2,1-5H3. The number of likely N-dealkylation sites (N-methyl/N-ethyl adjacent to an activating group) is 2. The van der Waals surface area contributed by atoms with Crippen molar-refractivity contribution < 1.29 is 0 Å². The van der Waals surface area contributed by atoms with Gasteiger partial charge in [0.2, 0.25) is 0 Å². The van der Waals surface area contributed by atoms with Crippen LogP contribution >= 0.6 is 0 Å². The summed E-state index contributed by atoms with van der Waals surface area (Å²) in [5.74, 6) is 0. The maximum Gasteiger partial charge on any atom is 0.0106 e. The van der Waals surface area contributed by atoms with Crippen molar-refractivity contribution in [1.29, 1.82) is 0 Å². The van der Waals surface area contributed by atoms with Crippen molar-refractivity contribution in [3.05, 3.63) is 0 Å². The van der Waals surface area contributed by atoms with Gasteiger partial charge in [-0.3, -0.25) is 0 Å². The normalized spacial score (nSPS) is 12.8. The molecule has 0 aliphatic heterocycles. The minimum Gasteiger partial charge on any atom is -0.330 e. The van der Waals surface area contributed by atoms with E-state index in [4.69, 9.17) is 5.73 Å². The minimum atomic E-state index is 0.308. The molecular formula is C12H29N3. The summed E-state index contributed by atoms with van der Waals surface area (Å²) < 4.78 is 0. The number of nitrogens with two attached hydrogens (primary N) is 1. The van der Waals surface area contributed by atoms with Crippen molar-refractivity contribution in [2.75, 3.05) is 47.3 Å². The topological polar surface area (TPSA) is 32.5 Å². The van der Waals surface area contributed by atoms with Crippen LogP contribution in [0.2, 0.25) is 0 Å². The van der Waals surface area contributed by atoms with Crippen LogP contribution in [0.5, 0.6) is 0 Å². The highest BCUT2D eigenvalue weighted by Gasteiger charge is 2.14. The Bertz CT molecular complexity index is 155. The molecule has 0 saturated heterocycles. The first-order valence-electron chi connectivity index (χ1n) is 5.91. The molecule has 0 amide bonds. The molecule has 0 rings (SSSR count). The second-order valence-electron chi connectivity index (χ2n) is 5.58. The van der Waals surface area contributed by atoms with Crippen LogP contribution in [0.15, 0.2) is 0 Å². The molecule has 2 N–H and O–H groups in total. The van der Waals surface area contributed by atoms with E-state index in [1.165, 1.54) is 19.4 Å². The van der Waals surface area contributed by atoms with Crippen LogP contribution in [0, 0.1) is 5.41 Å². The molecule has 3 heteroatoms. The summed E-state index contributed by atoms with van der Waals surface area (Å²) in [7, 11) is 6.43. The van der Waals surface area contributed by atoms with Crippen LogP contribution in [0.1, 0.15) is 26.7 Å². The fourth-order valence-electron chi connectivity index (χ4n) is 1.41. The molecule has 15 heavy (non-hydrogen) atoms. The Morgan fingerprint density at radius 3 is 2.07 bits per heavy atom. The predicted octanol–water partition coefficient (Wildman–Crippen LogP) is 1.24. The van der Waals surface area contributed by atoms with Crippen LogP contribution in [-0.2, 0) is 0 Å². The Morgan fingerprint density at radius 1 is 1.00 bits per heavy atom. The Kier molecular flexibility index (Phi) is 7.14. The van der Waals surface area contributed by atoms with E-state index in [9.17, 15) is 0 Å². The first kappa shape index (κ1) is 14.9. The highest BCUT2D eigenvalue weighted by Crippen LogP contribution is 2.19. The lowest BCUT2D eigenvalue weighted by atomic mass is 9.88. The van der Waals surface area contributed by atoms with Gasteiger partial charge in [-0.2, -0.15) is 0 Å². The molecule has 0 aromatic carbocycles. The van der Waals surface area contributed by atoms with Gasteiger partial charge in [0.15, 0.2) is 0 Å². The molecular weight excluding hydrogens is 186 g/mol. The van der Waals surface area contributed by atoms with E-state index in [1.807, 2.05) is 0 Å². The Morgan fingerprint density at radius 2 is 1.60 bits per heavy atom. The highest BCUT2D eigenvalue weighted by atomic mass is 15.1. The Balaban J connectivity index is 3.50. The number of nitrogens with zero attached hydrogens (tertiary/aromatic N) is 2. The second-order valence-corrected chi connectivity index (χ2v) is 5.58. The fourth-order valence-corrected chi connectivity index (χ4v) is 1.41. The van der Waals surface area contributed by atoms with E-state index < -0.39 is 0 Å². The molecule has 92 valence electrons. The van der Waals surface area contributed by atoms with Crippen LogP contribution < -0.4 is 5.73 Å². The summed E-state index contributed by atoms with van der Waals surface area (Å²) in [6.07, 6.45) is 2.46. The van der Waals surface area contributed by atoms with E-state index in [0.29, 0.717) is 5.41 Å². The first-order valence-corrected chi connectivity index (χ1v) is 5.91. The zero-order valence-electron chi connectivity index (χ0n) is 11.2. The van der Waals surface area contributed by atoms with E-state index in [1.54, 1.807) is 0 Å². The monoisotopic (exact) mass is 215 g/mol. The third kappa shape index (κ3) is 8.85. The summed E-state index contributed by atoms with van der Waals surface area (Å²) in [6, 6.07) is 0. The van der Waals surface area contributed by atoms with Crippen LogP contribution in [-0.4, -0.2) is 57.1 Å². The molecule has 0 radical (unpaired) electrons. The summed E-state index contributed by atoms with van der Waals surface area (Å²) >= 11 is 0. The lowest BCUT2D eigenvalue weighted by molar-refractivity contribution is 0.255. The molecule has 3 nitrogen and oxygen atoms in total. The van der Waals surface area contributed by atoms with Crippen LogP contribution in [0.3, 0.4) is 0 Å². The highest BCUT2D eigenvalue weighted by molar-refractivity contribution is 4.69. The summed E-state index contributed by atoms with van der Waals surface area (Å²) in [6.45, 7) is 8.73. The average molecular weight is 215 g/mol. The number of hydrogen-bond acceptors (Lipinski definition) is 3. The van der Waals surface area contributed by atoms with Crippen molar-refractivity contribution in [1.82, 2.24) is 9.80 Å².